The molecule has 118 valence electrons. The highest BCUT2D eigenvalue weighted by molar-refractivity contribution is 9.11. The number of carboxylic acids is 1. The molecule has 0 aliphatic rings. The van der Waals surface area contributed by atoms with Gasteiger partial charge >= 0.3 is 5.97 Å². The summed E-state index contributed by atoms with van der Waals surface area (Å²) in [4.78, 5) is 12.8. The summed E-state index contributed by atoms with van der Waals surface area (Å²) >= 11 is 6.45. The third kappa shape index (κ3) is 5.33. The van der Waals surface area contributed by atoms with Gasteiger partial charge in [0.15, 0.2) is 0 Å². The molecule has 0 fully saturated rings. The Kier molecular flexibility index (Phi) is 6.79. The largest absolute Gasteiger partial charge is 0.480 e. The summed E-state index contributed by atoms with van der Waals surface area (Å²) < 4.78 is 27.3. The van der Waals surface area contributed by atoms with Crippen LogP contribution >= 0.6 is 31.9 Å². The standard InChI is InChI=1S/C12H16Br2N2O4S/c1-15(2)5-6-16(8-12(17)18)21(19,20)11-4-3-9(13)7-10(11)14/h3-4,7H,5-6,8H2,1-2H3,(H,17,18). The zero-order chi connectivity index (χ0) is 16.2. The average molecular weight is 444 g/mol. The van der Waals surface area contributed by atoms with Crippen molar-refractivity contribution >= 4 is 47.9 Å². The van der Waals surface area contributed by atoms with Gasteiger partial charge in [-0.1, -0.05) is 15.9 Å². The highest BCUT2D eigenvalue weighted by Crippen LogP contribution is 2.28. The van der Waals surface area contributed by atoms with Gasteiger partial charge in [-0.3, -0.25) is 4.79 Å². The molecule has 6 nitrogen and oxygen atoms in total. The van der Waals surface area contributed by atoms with Gasteiger partial charge in [0.2, 0.25) is 10.0 Å². The van der Waals surface area contributed by atoms with Gasteiger partial charge in [-0.2, -0.15) is 4.31 Å². The van der Waals surface area contributed by atoms with E-state index >= 15 is 0 Å². The van der Waals surface area contributed by atoms with Crippen LogP contribution in [-0.4, -0.2) is 62.4 Å². The van der Waals surface area contributed by atoms with E-state index in [1.165, 1.54) is 6.07 Å². The van der Waals surface area contributed by atoms with Crippen LogP contribution in [0.25, 0.3) is 0 Å². The summed E-state index contributed by atoms with van der Waals surface area (Å²) in [5.41, 5.74) is 0. The molecule has 0 heterocycles. The Balaban J connectivity index is 3.16. The van der Waals surface area contributed by atoms with Gasteiger partial charge < -0.3 is 10.0 Å². The molecule has 21 heavy (non-hydrogen) atoms. The van der Waals surface area contributed by atoms with Gasteiger partial charge in [0.25, 0.3) is 0 Å². The summed E-state index contributed by atoms with van der Waals surface area (Å²) in [5.74, 6) is -1.19. The van der Waals surface area contributed by atoms with Crippen molar-refractivity contribution < 1.29 is 18.3 Å². The van der Waals surface area contributed by atoms with E-state index in [0.717, 1.165) is 8.78 Å². The zero-order valence-corrected chi connectivity index (χ0v) is 15.6. The number of aliphatic carboxylic acids is 1. The van der Waals surface area contributed by atoms with Crippen molar-refractivity contribution in [3.63, 3.8) is 0 Å². The van der Waals surface area contributed by atoms with Crippen LogP contribution in [0.4, 0.5) is 0 Å². The van der Waals surface area contributed by atoms with Gasteiger partial charge in [-0.25, -0.2) is 8.42 Å². The summed E-state index contributed by atoms with van der Waals surface area (Å²) in [6.45, 7) is -0.0382. The first kappa shape index (κ1) is 18.6. The Bertz CT molecular complexity index is 620. The van der Waals surface area contributed by atoms with Gasteiger partial charge in [0, 0.05) is 22.0 Å². The van der Waals surface area contributed by atoms with Crippen LogP contribution in [0, 0.1) is 0 Å². The van der Waals surface area contributed by atoms with Crippen molar-refractivity contribution in [2.24, 2.45) is 0 Å². The molecule has 9 heteroatoms. The molecule has 0 unspecified atom stereocenters. The monoisotopic (exact) mass is 442 g/mol. The van der Waals surface area contributed by atoms with E-state index in [-0.39, 0.29) is 11.4 Å². The molecule has 0 aliphatic heterocycles. The van der Waals surface area contributed by atoms with Gasteiger partial charge in [-0.15, -0.1) is 0 Å². The van der Waals surface area contributed by atoms with Crippen molar-refractivity contribution in [2.75, 3.05) is 33.7 Å². The first-order valence-corrected chi connectivity index (χ1v) is 8.99. The smallest absolute Gasteiger partial charge is 0.318 e. The summed E-state index contributed by atoms with van der Waals surface area (Å²) in [7, 11) is -0.296. The number of benzene rings is 1. The number of rotatable bonds is 7. The van der Waals surface area contributed by atoms with Crippen LogP contribution in [0.15, 0.2) is 32.0 Å². The maximum atomic E-state index is 12.6. The predicted molar refractivity (Wildman–Crippen MR) is 86.8 cm³/mol. The Labute approximate surface area is 141 Å². The molecule has 0 atom stereocenters. The number of nitrogens with zero attached hydrogens (tertiary/aromatic N) is 2. The summed E-state index contributed by atoms with van der Waals surface area (Å²) in [6, 6.07) is 4.65. The first-order valence-electron chi connectivity index (χ1n) is 5.96. The minimum atomic E-state index is -3.88. The van der Waals surface area contributed by atoms with E-state index in [2.05, 4.69) is 31.9 Å². The molecule has 0 saturated heterocycles. The van der Waals surface area contributed by atoms with Crippen molar-refractivity contribution in [3.8, 4) is 0 Å². The summed E-state index contributed by atoms with van der Waals surface area (Å²) in [6.07, 6.45) is 0. The molecular weight excluding hydrogens is 428 g/mol. The van der Waals surface area contributed by atoms with Crippen molar-refractivity contribution in [1.82, 2.24) is 9.21 Å². The maximum absolute atomic E-state index is 12.6. The number of hydrogen-bond donors (Lipinski definition) is 1. The van der Waals surface area contributed by atoms with Crippen molar-refractivity contribution in [2.45, 2.75) is 4.90 Å². The van der Waals surface area contributed by atoms with Crippen LogP contribution < -0.4 is 0 Å². The lowest BCUT2D eigenvalue weighted by Gasteiger charge is -2.22. The Morgan fingerprint density at radius 3 is 2.33 bits per heavy atom. The van der Waals surface area contributed by atoms with Gasteiger partial charge in [-0.05, 0) is 48.2 Å². The SMILES string of the molecule is CN(C)CCN(CC(=O)O)S(=O)(=O)c1ccc(Br)cc1Br. The Morgan fingerprint density at radius 2 is 1.86 bits per heavy atom. The quantitative estimate of drug-likeness (QED) is 0.695. The fourth-order valence-corrected chi connectivity index (χ4v) is 4.66. The van der Waals surface area contributed by atoms with Gasteiger partial charge in [0.1, 0.15) is 6.54 Å². The lowest BCUT2D eigenvalue weighted by Crippen LogP contribution is -2.40. The lowest BCUT2D eigenvalue weighted by molar-refractivity contribution is -0.137. The van der Waals surface area contributed by atoms with E-state index in [1.54, 1.807) is 31.1 Å². The normalized spacial score (nSPS) is 12.1. The van der Waals surface area contributed by atoms with E-state index in [0.29, 0.717) is 11.0 Å². The fourth-order valence-electron chi connectivity index (χ4n) is 1.57. The van der Waals surface area contributed by atoms with Crippen LogP contribution in [0.1, 0.15) is 0 Å². The van der Waals surface area contributed by atoms with Crippen molar-refractivity contribution in [3.05, 3.63) is 27.1 Å². The minimum Gasteiger partial charge on any atom is -0.480 e. The predicted octanol–water partition coefficient (Wildman–Crippen LogP) is 1.85. The zero-order valence-electron chi connectivity index (χ0n) is 11.6. The average Bonchev–Trinajstić information content (AvgIpc) is 2.33. The molecule has 0 bridgehead atoms. The van der Waals surface area contributed by atoms with Crippen molar-refractivity contribution in [1.29, 1.82) is 0 Å². The Morgan fingerprint density at radius 1 is 1.24 bits per heavy atom. The maximum Gasteiger partial charge on any atom is 0.318 e. The second-order valence-electron chi connectivity index (χ2n) is 4.61. The lowest BCUT2D eigenvalue weighted by atomic mass is 10.4. The molecule has 0 aromatic heterocycles. The summed E-state index contributed by atoms with van der Waals surface area (Å²) in [5, 5.41) is 8.93. The van der Waals surface area contributed by atoms with Crippen LogP contribution in [-0.2, 0) is 14.8 Å². The first-order chi connectivity index (χ1) is 9.64. The molecule has 1 rings (SSSR count). The van der Waals surface area contributed by atoms with E-state index in [1.807, 2.05) is 0 Å². The molecular formula is C12H16Br2N2O4S. The molecule has 1 N–H and O–H groups in total. The highest BCUT2D eigenvalue weighted by atomic mass is 79.9. The molecule has 1 aromatic rings. The second-order valence-corrected chi connectivity index (χ2v) is 8.29. The number of likely N-dealkylation sites (N-methyl/N-ethyl adjacent to an activating group) is 1. The number of sulfonamides is 1. The number of carboxylic acid groups (broad SMARTS) is 1. The third-order valence-corrected chi connectivity index (χ3v) is 5.94. The topological polar surface area (TPSA) is 77.9 Å². The third-order valence-electron chi connectivity index (χ3n) is 2.62. The molecule has 1 aromatic carbocycles. The Hall–Kier alpha value is -0.480. The minimum absolute atomic E-state index is 0.0470. The number of hydrogen-bond acceptors (Lipinski definition) is 4. The van der Waals surface area contributed by atoms with E-state index in [9.17, 15) is 13.2 Å². The number of halogens is 2. The number of carbonyl (C=O) groups is 1. The molecule has 0 spiro atoms. The second kappa shape index (κ2) is 7.68. The van der Waals surface area contributed by atoms with Crippen LogP contribution in [0.3, 0.4) is 0 Å². The molecule has 0 saturated carbocycles. The molecule has 0 aliphatic carbocycles. The van der Waals surface area contributed by atoms with Gasteiger partial charge in [0.05, 0.1) is 4.90 Å². The van der Waals surface area contributed by atoms with E-state index < -0.39 is 22.5 Å². The fraction of sp³-hybridized carbons (Fsp3) is 0.417. The molecule has 0 radical (unpaired) electrons. The highest BCUT2D eigenvalue weighted by Gasteiger charge is 2.28. The van der Waals surface area contributed by atoms with E-state index in [4.69, 9.17) is 5.11 Å². The molecule has 0 amide bonds. The van der Waals surface area contributed by atoms with Crippen LogP contribution in [0.2, 0.25) is 0 Å². The van der Waals surface area contributed by atoms with Crippen LogP contribution in [0.5, 0.6) is 0 Å².